The molecule has 2 saturated heterocycles. The standard InChI is InChI=1S/C51H64N8O7S/c1-9-58-42-18-17-34-24-36(42)38(45(58)37-25-35(28-52-44(37)32(2)3)56-20-22-57(23-21-56)49(63)64-29-33-14-11-10-12-15-33)27-51(7,8)31-65-47(61)39-16-13-19-59(55-39)46(60)40(26-43-53-41(34)30-67-43)54-48(62)66-50(4,5)6/h10-12,14-15,17-18,24-25,28,30,32,39-40,55H,9,13,16,19-23,26-27,29,31H2,1-8H3,(H,54,62)/t39-,40-/m0/s1. The number of anilines is 1. The Kier molecular flexibility index (Phi) is 14.0. The molecule has 6 heterocycles. The summed E-state index contributed by atoms with van der Waals surface area (Å²) < 4.78 is 19.8. The third kappa shape index (κ3) is 10.9. The van der Waals surface area contributed by atoms with Crippen molar-refractivity contribution in [1.29, 1.82) is 0 Å². The van der Waals surface area contributed by atoms with E-state index in [1.165, 1.54) is 16.3 Å². The predicted octanol–water partition coefficient (Wildman–Crippen LogP) is 8.49. The molecule has 16 heteroatoms. The van der Waals surface area contributed by atoms with Crippen LogP contribution in [-0.4, -0.2) is 106 Å². The minimum atomic E-state index is -1.01. The first kappa shape index (κ1) is 47.5. The van der Waals surface area contributed by atoms with Gasteiger partial charge in [-0.25, -0.2) is 20.0 Å². The van der Waals surface area contributed by atoms with Gasteiger partial charge in [0.15, 0.2) is 0 Å². The molecule has 2 atom stereocenters. The number of carbonyl (C=O) groups excluding carboxylic acids is 4. The number of nitrogens with zero attached hydrogens (tertiary/aromatic N) is 6. The molecule has 3 aromatic heterocycles. The number of ether oxygens (including phenoxy) is 3. The molecule has 0 aliphatic carbocycles. The number of thiazole rings is 1. The number of hydrogen-bond donors (Lipinski definition) is 2. The molecule has 67 heavy (non-hydrogen) atoms. The number of hydrogen-bond acceptors (Lipinski definition) is 12. The topological polar surface area (TPSA) is 160 Å². The summed E-state index contributed by atoms with van der Waals surface area (Å²) in [5, 5.41) is 7.96. The van der Waals surface area contributed by atoms with Crippen molar-refractivity contribution in [2.75, 3.05) is 44.2 Å². The highest BCUT2D eigenvalue weighted by molar-refractivity contribution is 7.10. The smallest absolute Gasteiger partial charge is 0.410 e. The van der Waals surface area contributed by atoms with Crippen LogP contribution in [0.5, 0.6) is 0 Å². The number of hydrazine groups is 1. The zero-order valence-electron chi connectivity index (χ0n) is 40.0. The van der Waals surface area contributed by atoms with Gasteiger partial charge in [0, 0.05) is 78.5 Å². The van der Waals surface area contributed by atoms with Crippen molar-refractivity contribution in [3.05, 3.63) is 88.0 Å². The van der Waals surface area contributed by atoms with Gasteiger partial charge < -0.3 is 33.9 Å². The SMILES string of the molecule is CCn1c(-c2cc(N3CCN(C(=O)OCc4ccccc4)CC3)cnc2C(C)C)c2c3cc(ccc31)-c1csc(n1)C[C@H](NC(=O)OC(C)(C)C)C(=O)N1CCC[C@H](N1)C(=O)OCC(C)(C)C2. The summed E-state index contributed by atoms with van der Waals surface area (Å²) in [6.45, 7) is 19.8. The summed E-state index contributed by atoms with van der Waals surface area (Å²) in [4.78, 5) is 68.5. The lowest BCUT2D eigenvalue weighted by Crippen LogP contribution is -2.60. The van der Waals surface area contributed by atoms with Crippen molar-refractivity contribution in [2.45, 2.75) is 118 Å². The molecule has 0 spiro atoms. The second-order valence-corrected chi connectivity index (χ2v) is 20.8. The second kappa shape index (κ2) is 19.7. The summed E-state index contributed by atoms with van der Waals surface area (Å²) in [5.41, 5.74) is 10.7. The van der Waals surface area contributed by atoms with Crippen LogP contribution in [0.15, 0.2) is 66.2 Å². The van der Waals surface area contributed by atoms with E-state index in [9.17, 15) is 19.2 Å². The van der Waals surface area contributed by atoms with Crippen molar-refractivity contribution in [2.24, 2.45) is 5.41 Å². The minimum absolute atomic E-state index is 0.107. The number of alkyl carbamates (subject to hydrolysis) is 1. The van der Waals surface area contributed by atoms with Crippen LogP contribution in [0, 0.1) is 5.41 Å². The molecular formula is C51H64N8O7S. The van der Waals surface area contributed by atoms with E-state index in [2.05, 4.69) is 79.1 Å². The van der Waals surface area contributed by atoms with Gasteiger partial charge in [-0.15, -0.1) is 11.3 Å². The average molecular weight is 933 g/mol. The highest BCUT2D eigenvalue weighted by atomic mass is 32.1. The largest absolute Gasteiger partial charge is 0.464 e. The lowest BCUT2D eigenvalue weighted by Gasteiger charge is -2.36. The number of esters is 1. The molecule has 0 unspecified atom stereocenters. The summed E-state index contributed by atoms with van der Waals surface area (Å²) in [6, 6.07) is 16.7. The number of aromatic nitrogens is 3. The van der Waals surface area contributed by atoms with Crippen LogP contribution in [0.4, 0.5) is 15.3 Å². The zero-order chi connectivity index (χ0) is 47.6. The van der Waals surface area contributed by atoms with Gasteiger partial charge in [0.05, 0.1) is 40.6 Å². The highest BCUT2D eigenvalue weighted by Crippen LogP contribution is 2.43. The molecule has 5 aromatic rings. The molecule has 2 fully saturated rings. The van der Waals surface area contributed by atoms with Crippen LogP contribution in [0.3, 0.4) is 0 Å². The Labute approximate surface area is 397 Å². The molecule has 3 amide bonds. The summed E-state index contributed by atoms with van der Waals surface area (Å²) in [7, 11) is 0. The van der Waals surface area contributed by atoms with Crippen molar-refractivity contribution in [3.63, 3.8) is 0 Å². The number of nitrogens with one attached hydrogen (secondary N) is 2. The lowest BCUT2D eigenvalue weighted by atomic mass is 9.84. The predicted molar refractivity (Wildman–Crippen MR) is 260 cm³/mol. The fourth-order valence-corrected chi connectivity index (χ4v) is 10.1. The number of aryl methyl sites for hydroxylation is 1. The van der Waals surface area contributed by atoms with Crippen LogP contribution < -0.4 is 15.6 Å². The third-order valence-electron chi connectivity index (χ3n) is 12.5. The first-order chi connectivity index (χ1) is 32.0. The van der Waals surface area contributed by atoms with Gasteiger partial charge in [-0.3, -0.25) is 19.6 Å². The molecule has 0 saturated carbocycles. The van der Waals surface area contributed by atoms with E-state index in [1.807, 2.05) is 41.9 Å². The highest BCUT2D eigenvalue weighted by Gasteiger charge is 2.36. The van der Waals surface area contributed by atoms with Gasteiger partial charge >= 0.3 is 18.2 Å². The van der Waals surface area contributed by atoms with E-state index >= 15 is 0 Å². The van der Waals surface area contributed by atoms with Crippen molar-refractivity contribution in [3.8, 4) is 22.5 Å². The van der Waals surface area contributed by atoms with E-state index in [0.717, 1.165) is 55.9 Å². The molecule has 2 N–H and O–H groups in total. The molecular weight excluding hydrogens is 869 g/mol. The van der Waals surface area contributed by atoms with E-state index in [4.69, 9.17) is 24.2 Å². The summed E-state index contributed by atoms with van der Waals surface area (Å²) in [6.07, 6.45) is 2.71. The molecule has 2 aromatic carbocycles. The Morgan fingerprint density at radius 2 is 1.79 bits per heavy atom. The van der Waals surface area contributed by atoms with Crippen LogP contribution in [0.1, 0.15) is 96.0 Å². The molecule has 8 rings (SSSR count). The summed E-state index contributed by atoms with van der Waals surface area (Å²) >= 11 is 1.43. The molecule has 15 nitrogen and oxygen atoms in total. The average Bonchev–Trinajstić information content (AvgIpc) is 3.90. The van der Waals surface area contributed by atoms with Gasteiger partial charge in [0.2, 0.25) is 0 Å². The van der Waals surface area contributed by atoms with E-state index in [-0.39, 0.29) is 37.6 Å². The maximum atomic E-state index is 14.2. The second-order valence-electron chi connectivity index (χ2n) is 19.9. The Morgan fingerprint density at radius 3 is 2.51 bits per heavy atom. The minimum Gasteiger partial charge on any atom is -0.464 e. The lowest BCUT2D eigenvalue weighted by molar-refractivity contribution is -0.155. The number of pyridine rings is 1. The van der Waals surface area contributed by atoms with Crippen LogP contribution in [0.2, 0.25) is 0 Å². The molecule has 356 valence electrons. The number of carbonyl (C=O) groups is 4. The Hall–Kier alpha value is -6.00. The van der Waals surface area contributed by atoms with Gasteiger partial charge in [-0.1, -0.05) is 64.1 Å². The Morgan fingerprint density at radius 1 is 1.03 bits per heavy atom. The molecule has 0 radical (unpaired) electrons. The molecule has 3 aliphatic rings. The maximum absolute atomic E-state index is 14.2. The van der Waals surface area contributed by atoms with Crippen molar-refractivity contribution >= 4 is 52.0 Å². The monoisotopic (exact) mass is 932 g/mol. The normalized spacial score (nSPS) is 19.3. The number of amides is 3. The number of fused-ring (bicyclic) bond motifs is 6. The molecule has 6 bridgehead atoms. The van der Waals surface area contributed by atoms with E-state index in [0.29, 0.717) is 63.5 Å². The Bertz CT molecular complexity index is 2610. The zero-order valence-corrected chi connectivity index (χ0v) is 40.8. The van der Waals surface area contributed by atoms with Gasteiger partial charge in [0.1, 0.15) is 24.3 Å². The molecule has 3 aliphatic heterocycles. The Balaban J connectivity index is 1.17. The summed E-state index contributed by atoms with van der Waals surface area (Å²) in [5.74, 6) is -0.715. The van der Waals surface area contributed by atoms with Crippen molar-refractivity contribution < 1.29 is 33.4 Å². The maximum Gasteiger partial charge on any atom is 0.410 e. The third-order valence-corrected chi connectivity index (χ3v) is 13.4. The fourth-order valence-electron chi connectivity index (χ4n) is 9.21. The fraction of sp³-hybridized carbons (Fsp3) is 0.490. The first-order valence-electron chi connectivity index (χ1n) is 23.5. The van der Waals surface area contributed by atoms with E-state index in [1.54, 1.807) is 25.7 Å². The first-order valence-corrected chi connectivity index (χ1v) is 24.4. The van der Waals surface area contributed by atoms with Gasteiger partial charge in [-0.2, -0.15) is 0 Å². The number of piperazine rings is 1. The van der Waals surface area contributed by atoms with Crippen LogP contribution in [-0.2, 0) is 49.8 Å². The van der Waals surface area contributed by atoms with E-state index < -0.39 is 35.2 Å². The number of rotatable bonds is 7. The number of benzene rings is 2. The van der Waals surface area contributed by atoms with Gasteiger partial charge in [-0.05, 0) is 82.2 Å². The van der Waals surface area contributed by atoms with Crippen LogP contribution in [0.25, 0.3) is 33.4 Å². The van der Waals surface area contributed by atoms with Gasteiger partial charge in [0.25, 0.3) is 5.91 Å². The van der Waals surface area contributed by atoms with Crippen LogP contribution >= 0.6 is 11.3 Å². The quantitative estimate of drug-likeness (QED) is 0.119. The number of cyclic esters (lactones) is 1. The van der Waals surface area contributed by atoms with Crippen molar-refractivity contribution in [1.82, 2.24) is 35.2 Å².